The number of aromatic nitrogens is 2. The van der Waals surface area contributed by atoms with Crippen LogP contribution in [0.25, 0.3) is 16.6 Å². The van der Waals surface area contributed by atoms with Crippen molar-refractivity contribution in [3.63, 3.8) is 0 Å². The highest BCUT2D eigenvalue weighted by atomic mass is 32.2. The zero-order valence-electron chi connectivity index (χ0n) is 13.3. The number of hydrogen-bond acceptors (Lipinski definition) is 4. The summed E-state index contributed by atoms with van der Waals surface area (Å²) in [7, 11) is 0. The predicted molar refractivity (Wildman–Crippen MR) is 95.2 cm³/mol. The summed E-state index contributed by atoms with van der Waals surface area (Å²) in [5, 5.41) is 9.88. The summed E-state index contributed by atoms with van der Waals surface area (Å²) in [5.74, 6) is -1.11. The average Bonchev–Trinajstić information content (AvgIpc) is 2.56. The molecule has 0 aliphatic carbocycles. The van der Waals surface area contributed by atoms with E-state index < -0.39 is 5.97 Å². The number of fused-ring (bicyclic) bond motifs is 1. The lowest BCUT2D eigenvalue weighted by Crippen LogP contribution is -2.23. The Kier molecular flexibility index (Phi) is 4.40. The van der Waals surface area contributed by atoms with Gasteiger partial charge in [0.1, 0.15) is 0 Å². The second-order valence-electron chi connectivity index (χ2n) is 5.52. The van der Waals surface area contributed by atoms with Gasteiger partial charge in [-0.05, 0) is 43.2 Å². The molecule has 0 unspecified atom stereocenters. The number of rotatable bonds is 4. The summed E-state index contributed by atoms with van der Waals surface area (Å²) < 4.78 is 1.51. The van der Waals surface area contributed by atoms with Gasteiger partial charge in [-0.3, -0.25) is 14.2 Å². The van der Waals surface area contributed by atoms with Crippen molar-refractivity contribution in [3.05, 3.63) is 63.9 Å². The number of aliphatic carboxylic acids is 1. The number of hydrogen-bond donors (Lipinski definition) is 1. The lowest BCUT2D eigenvalue weighted by Gasteiger charge is -2.15. The molecule has 3 rings (SSSR count). The molecule has 0 aliphatic heterocycles. The van der Waals surface area contributed by atoms with Gasteiger partial charge in [-0.25, -0.2) is 4.98 Å². The van der Waals surface area contributed by atoms with Crippen molar-refractivity contribution >= 4 is 28.6 Å². The molecular formula is C18H16N2O3S. The molecule has 5 nitrogen and oxygen atoms in total. The Bertz CT molecular complexity index is 995. The lowest BCUT2D eigenvalue weighted by atomic mass is 10.1. The van der Waals surface area contributed by atoms with Gasteiger partial charge in [0, 0.05) is 0 Å². The fraction of sp³-hybridized carbons (Fsp3) is 0.167. The zero-order chi connectivity index (χ0) is 17.3. The van der Waals surface area contributed by atoms with Crippen molar-refractivity contribution in [1.29, 1.82) is 0 Å². The van der Waals surface area contributed by atoms with E-state index in [2.05, 4.69) is 4.98 Å². The summed E-state index contributed by atoms with van der Waals surface area (Å²) in [5.41, 5.74) is 3.05. The van der Waals surface area contributed by atoms with Gasteiger partial charge in [0.15, 0.2) is 5.16 Å². The second-order valence-corrected chi connectivity index (χ2v) is 6.47. The van der Waals surface area contributed by atoms with Crippen molar-refractivity contribution in [2.45, 2.75) is 19.0 Å². The van der Waals surface area contributed by atoms with Gasteiger partial charge in [-0.1, -0.05) is 36.0 Å². The first-order valence-corrected chi connectivity index (χ1v) is 8.40. The van der Waals surface area contributed by atoms with Gasteiger partial charge in [-0.15, -0.1) is 0 Å². The second kappa shape index (κ2) is 6.49. The Hall–Kier alpha value is -2.60. The Balaban J connectivity index is 2.32. The Morgan fingerprint density at radius 1 is 1.21 bits per heavy atom. The quantitative estimate of drug-likeness (QED) is 0.583. The molecule has 3 aromatic rings. The molecule has 24 heavy (non-hydrogen) atoms. The van der Waals surface area contributed by atoms with E-state index in [4.69, 9.17) is 5.11 Å². The topological polar surface area (TPSA) is 72.2 Å². The van der Waals surface area contributed by atoms with E-state index in [1.165, 1.54) is 4.57 Å². The maximum Gasteiger partial charge on any atom is 0.313 e. The number of carboxylic acids is 1. The maximum absolute atomic E-state index is 13.0. The molecule has 0 atom stereocenters. The third-order valence-corrected chi connectivity index (χ3v) is 4.60. The summed E-state index contributed by atoms with van der Waals surface area (Å²) in [6.45, 7) is 3.87. The third-order valence-electron chi connectivity index (χ3n) is 3.68. The number of para-hydroxylation sites is 1. The fourth-order valence-corrected chi connectivity index (χ4v) is 3.23. The minimum Gasteiger partial charge on any atom is -0.481 e. The van der Waals surface area contributed by atoms with Crippen LogP contribution < -0.4 is 5.56 Å². The van der Waals surface area contributed by atoms with Crippen LogP contribution in [0.1, 0.15) is 11.1 Å². The summed E-state index contributed by atoms with van der Waals surface area (Å²) in [6.07, 6.45) is 0. The van der Waals surface area contributed by atoms with E-state index in [0.29, 0.717) is 16.1 Å². The van der Waals surface area contributed by atoms with Crippen molar-refractivity contribution in [1.82, 2.24) is 9.55 Å². The molecule has 1 aromatic heterocycles. The predicted octanol–water partition coefficient (Wildman–Crippen LogP) is 3.18. The molecule has 0 amide bonds. The normalized spacial score (nSPS) is 10.9. The zero-order valence-corrected chi connectivity index (χ0v) is 14.1. The standard InChI is InChI=1S/C18H16N2O3S/c1-11-7-8-12(2)15(9-11)20-17(23)13-5-3-4-6-14(13)19-18(20)24-10-16(21)22/h3-9H,10H2,1-2H3,(H,21,22). The molecule has 122 valence electrons. The Morgan fingerprint density at radius 2 is 1.96 bits per heavy atom. The molecule has 0 bridgehead atoms. The van der Waals surface area contributed by atoms with Gasteiger partial charge in [0.05, 0.1) is 22.3 Å². The van der Waals surface area contributed by atoms with E-state index in [-0.39, 0.29) is 11.3 Å². The van der Waals surface area contributed by atoms with Crippen LogP contribution in [0, 0.1) is 13.8 Å². The molecule has 0 radical (unpaired) electrons. The van der Waals surface area contributed by atoms with E-state index >= 15 is 0 Å². The van der Waals surface area contributed by atoms with Crippen LogP contribution in [0.15, 0.2) is 52.4 Å². The van der Waals surface area contributed by atoms with E-state index in [0.717, 1.165) is 28.6 Å². The van der Waals surface area contributed by atoms with Gasteiger partial charge < -0.3 is 5.11 Å². The van der Waals surface area contributed by atoms with Crippen LogP contribution in [0.3, 0.4) is 0 Å². The molecule has 6 heteroatoms. The first kappa shape index (κ1) is 16.3. The number of carbonyl (C=O) groups is 1. The molecule has 0 saturated carbocycles. The molecule has 2 aromatic carbocycles. The maximum atomic E-state index is 13.0. The summed E-state index contributed by atoms with van der Waals surface area (Å²) in [6, 6.07) is 12.9. The molecule has 1 N–H and O–H groups in total. The lowest BCUT2D eigenvalue weighted by molar-refractivity contribution is -0.133. The molecular weight excluding hydrogens is 324 g/mol. The first-order valence-electron chi connectivity index (χ1n) is 7.41. The SMILES string of the molecule is Cc1ccc(C)c(-n2c(SCC(=O)O)nc3ccccc3c2=O)c1. The monoisotopic (exact) mass is 340 g/mol. The van der Waals surface area contributed by atoms with E-state index in [1.807, 2.05) is 38.1 Å². The van der Waals surface area contributed by atoms with Crippen molar-refractivity contribution in [2.24, 2.45) is 0 Å². The third kappa shape index (κ3) is 3.05. The number of nitrogens with zero attached hydrogens (tertiary/aromatic N) is 2. The fourth-order valence-electron chi connectivity index (χ4n) is 2.51. The highest BCUT2D eigenvalue weighted by Crippen LogP contribution is 2.23. The van der Waals surface area contributed by atoms with Gasteiger partial charge in [-0.2, -0.15) is 0 Å². The highest BCUT2D eigenvalue weighted by Gasteiger charge is 2.15. The average molecular weight is 340 g/mol. The van der Waals surface area contributed by atoms with Crippen molar-refractivity contribution in [3.8, 4) is 5.69 Å². The van der Waals surface area contributed by atoms with Crippen LogP contribution in [0.2, 0.25) is 0 Å². The Labute approximate surface area is 143 Å². The highest BCUT2D eigenvalue weighted by molar-refractivity contribution is 7.99. The largest absolute Gasteiger partial charge is 0.481 e. The molecule has 0 spiro atoms. The van der Waals surface area contributed by atoms with E-state index in [9.17, 15) is 9.59 Å². The van der Waals surface area contributed by atoms with Crippen LogP contribution in [-0.2, 0) is 4.79 Å². The molecule has 0 fully saturated rings. The smallest absolute Gasteiger partial charge is 0.313 e. The van der Waals surface area contributed by atoms with E-state index in [1.54, 1.807) is 18.2 Å². The van der Waals surface area contributed by atoms with Crippen LogP contribution in [0.5, 0.6) is 0 Å². The minimum absolute atomic E-state index is 0.157. The van der Waals surface area contributed by atoms with Crippen molar-refractivity contribution in [2.75, 3.05) is 5.75 Å². The number of aryl methyl sites for hydroxylation is 2. The van der Waals surface area contributed by atoms with Gasteiger partial charge in [0.2, 0.25) is 0 Å². The van der Waals surface area contributed by atoms with Crippen molar-refractivity contribution < 1.29 is 9.90 Å². The Morgan fingerprint density at radius 3 is 2.71 bits per heavy atom. The molecule has 1 heterocycles. The van der Waals surface area contributed by atoms with Crippen LogP contribution in [0.4, 0.5) is 0 Å². The first-order chi connectivity index (χ1) is 11.5. The number of thioether (sulfide) groups is 1. The van der Waals surface area contributed by atoms with Crippen LogP contribution >= 0.6 is 11.8 Å². The molecule has 0 aliphatic rings. The number of benzene rings is 2. The molecule has 0 saturated heterocycles. The number of carboxylic acid groups (broad SMARTS) is 1. The van der Waals surface area contributed by atoms with Gasteiger partial charge in [0.25, 0.3) is 5.56 Å². The van der Waals surface area contributed by atoms with Gasteiger partial charge >= 0.3 is 5.97 Å². The summed E-state index contributed by atoms with van der Waals surface area (Å²) >= 11 is 1.05. The minimum atomic E-state index is -0.949. The van der Waals surface area contributed by atoms with Crippen LogP contribution in [-0.4, -0.2) is 26.4 Å². The summed E-state index contributed by atoms with van der Waals surface area (Å²) in [4.78, 5) is 28.5.